The summed E-state index contributed by atoms with van der Waals surface area (Å²) in [7, 11) is 0. The first kappa shape index (κ1) is 18.7. The monoisotopic (exact) mass is 376 g/mol. The number of likely N-dealkylation sites (tertiary alicyclic amines) is 1. The second kappa shape index (κ2) is 7.78. The van der Waals surface area contributed by atoms with Crippen LogP contribution in [0.25, 0.3) is 0 Å². The molecular weight excluding hydrogens is 348 g/mol. The van der Waals surface area contributed by atoms with E-state index in [1.54, 1.807) is 0 Å². The first-order valence-electron chi connectivity index (χ1n) is 10.3. The average molecular weight is 377 g/mol. The number of aryl methyl sites for hydroxylation is 2. The molecule has 3 unspecified atom stereocenters. The molecule has 1 saturated carbocycles. The smallest absolute Gasteiger partial charge is 0.254 e. The molecule has 2 fully saturated rings. The molecule has 0 bridgehead atoms. The molecule has 0 radical (unpaired) electrons. The summed E-state index contributed by atoms with van der Waals surface area (Å²) in [4.78, 5) is 28.4. The lowest BCUT2D eigenvalue weighted by molar-refractivity contribution is -0.120. The molecule has 4 nitrogen and oxygen atoms in total. The number of nitrogens with zero attached hydrogens (tertiary/aromatic N) is 1. The maximum atomic E-state index is 13.3. The minimum absolute atomic E-state index is 0.0180. The Morgan fingerprint density at radius 1 is 0.964 bits per heavy atom. The van der Waals surface area contributed by atoms with Crippen molar-refractivity contribution in [1.29, 1.82) is 0 Å². The van der Waals surface area contributed by atoms with Gasteiger partial charge in [0.05, 0.1) is 0 Å². The van der Waals surface area contributed by atoms with Gasteiger partial charge in [-0.2, -0.15) is 0 Å². The van der Waals surface area contributed by atoms with Crippen LogP contribution in [0.4, 0.5) is 5.69 Å². The summed E-state index contributed by atoms with van der Waals surface area (Å²) in [6, 6.07) is 15.2. The number of anilines is 1. The normalized spacial score (nSPS) is 23.9. The molecule has 2 aromatic carbocycles. The van der Waals surface area contributed by atoms with Crippen LogP contribution in [0, 0.1) is 19.8 Å². The van der Waals surface area contributed by atoms with E-state index in [-0.39, 0.29) is 17.9 Å². The van der Waals surface area contributed by atoms with E-state index in [1.165, 1.54) is 6.42 Å². The molecule has 28 heavy (non-hydrogen) atoms. The fourth-order valence-electron chi connectivity index (χ4n) is 4.99. The van der Waals surface area contributed by atoms with Gasteiger partial charge in [-0.15, -0.1) is 0 Å². The van der Waals surface area contributed by atoms with Crippen molar-refractivity contribution in [3.05, 3.63) is 65.2 Å². The highest BCUT2D eigenvalue weighted by atomic mass is 16.2. The summed E-state index contributed by atoms with van der Waals surface area (Å²) >= 11 is 0. The largest absolute Gasteiger partial charge is 0.324 e. The van der Waals surface area contributed by atoms with Gasteiger partial charge in [-0.1, -0.05) is 37.1 Å². The summed E-state index contributed by atoms with van der Waals surface area (Å²) in [5.41, 5.74) is 3.71. The second-order valence-electron chi connectivity index (χ2n) is 8.31. The lowest BCUT2D eigenvalue weighted by atomic mass is 9.84. The predicted octanol–water partition coefficient (Wildman–Crippen LogP) is 4.72. The van der Waals surface area contributed by atoms with Crippen molar-refractivity contribution in [1.82, 2.24) is 4.90 Å². The highest BCUT2D eigenvalue weighted by Crippen LogP contribution is 2.40. The van der Waals surface area contributed by atoms with Gasteiger partial charge in [-0.05, 0) is 74.4 Å². The molecule has 1 saturated heterocycles. The third kappa shape index (κ3) is 3.68. The van der Waals surface area contributed by atoms with Crippen molar-refractivity contribution in [3.8, 4) is 0 Å². The number of carbonyl (C=O) groups excluding carboxylic acids is 2. The van der Waals surface area contributed by atoms with Crippen LogP contribution >= 0.6 is 0 Å². The summed E-state index contributed by atoms with van der Waals surface area (Å²) < 4.78 is 0. The van der Waals surface area contributed by atoms with Crippen LogP contribution < -0.4 is 5.32 Å². The van der Waals surface area contributed by atoms with Crippen LogP contribution in [0.3, 0.4) is 0 Å². The number of carbonyl (C=O) groups is 2. The number of hydrogen-bond donors (Lipinski definition) is 1. The molecule has 4 heteroatoms. The van der Waals surface area contributed by atoms with Crippen LogP contribution in [-0.2, 0) is 4.79 Å². The molecule has 1 aliphatic heterocycles. The molecular formula is C24H28N2O2. The molecule has 4 rings (SSSR count). The van der Waals surface area contributed by atoms with Crippen molar-refractivity contribution < 1.29 is 9.59 Å². The number of nitrogens with one attached hydrogen (secondary N) is 1. The molecule has 146 valence electrons. The topological polar surface area (TPSA) is 49.4 Å². The lowest BCUT2D eigenvalue weighted by Gasteiger charge is -2.33. The Morgan fingerprint density at radius 2 is 1.64 bits per heavy atom. The third-order valence-corrected chi connectivity index (χ3v) is 6.14. The van der Waals surface area contributed by atoms with Gasteiger partial charge in [0.1, 0.15) is 6.04 Å². The van der Waals surface area contributed by atoms with E-state index in [1.807, 2.05) is 61.2 Å². The SMILES string of the molecule is Cc1cc(C)cc(NC(=O)C2CC3CCCCC3N2C(=O)c2ccccc2)c1. The number of fused-ring (bicyclic) bond motifs is 1. The lowest BCUT2D eigenvalue weighted by Crippen LogP contribution is -2.47. The summed E-state index contributed by atoms with van der Waals surface area (Å²) in [6.07, 6.45) is 5.19. The minimum Gasteiger partial charge on any atom is -0.324 e. The summed E-state index contributed by atoms with van der Waals surface area (Å²) in [6.45, 7) is 4.05. The Hall–Kier alpha value is -2.62. The highest BCUT2D eigenvalue weighted by Gasteiger charge is 2.47. The molecule has 0 aromatic heterocycles. The molecule has 0 spiro atoms. The maximum absolute atomic E-state index is 13.3. The molecule has 1 N–H and O–H groups in total. The van der Waals surface area contributed by atoms with Crippen LogP contribution in [0.15, 0.2) is 48.5 Å². The van der Waals surface area contributed by atoms with Gasteiger partial charge < -0.3 is 10.2 Å². The Morgan fingerprint density at radius 3 is 2.36 bits per heavy atom. The van der Waals surface area contributed by atoms with Crippen molar-refractivity contribution in [2.24, 2.45) is 5.92 Å². The Kier molecular flexibility index (Phi) is 5.21. The van der Waals surface area contributed by atoms with Gasteiger partial charge in [0.25, 0.3) is 5.91 Å². The highest BCUT2D eigenvalue weighted by molar-refractivity contribution is 6.02. The average Bonchev–Trinajstić information content (AvgIpc) is 3.07. The number of benzene rings is 2. The quantitative estimate of drug-likeness (QED) is 0.843. The molecule has 1 aliphatic carbocycles. The van der Waals surface area contributed by atoms with E-state index in [2.05, 4.69) is 11.4 Å². The van der Waals surface area contributed by atoms with Crippen molar-refractivity contribution in [3.63, 3.8) is 0 Å². The van der Waals surface area contributed by atoms with Gasteiger partial charge in [-0.25, -0.2) is 0 Å². The van der Waals surface area contributed by atoms with E-state index >= 15 is 0 Å². The zero-order chi connectivity index (χ0) is 19.7. The van der Waals surface area contributed by atoms with Gasteiger partial charge in [0, 0.05) is 17.3 Å². The van der Waals surface area contributed by atoms with Gasteiger partial charge in [0.15, 0.2) is 0 Å². The van der Waals surface area contributed by atoms with E-state index in [4.69, 9.17) is 0 Å². The Bertz CT molecular complexity index is 857. The zero-order valence-electron chi connectivity index (χ0n) is 16.7. The van der Waals surface area contributed by atoms with Crippen LogP contribution in [0.2, 0.25) is 0 Å². The van der Waals surface area contributed by atoms with E-state index < -0.39 is 6.04 Å². The van der Waals surface area contributed by atoms with Gasteiger partial charge >= 0.3 is 0 Å². The fourth-order valence-corrected chi connectivity index (χ4v) is 4.99. The minimum atomic E-state index is -0.401. The van der Waals surface area contributed by atoms with Crippen LogP contribution in [0.1, 0.15) is 53.6 Å². The number of hydrogen-bond acceptors (Lipinski definition) is 2. The van der Waals surface area contributed by atoms with E-state index in [0.717, 1.165) is 42.5 Å². The number of amides is 2. The van der Waals surface area contributed by atoms with Crippen molar-refractivity contribution in [2.45, 2.75) is 58.0 Å². The van der Waals surface area contributed by atoms with Gasteiger partial charge in [-0.3, -0.25) is 9.59 Å². The van der Waals surface area contributed by atoms with Crippen LogP contribution in [0.5, 0.6) is 0 Å². The standard InChI is InChI=1S/C24H28N2O2/c1-16-12-17(2)14-20(13-16)25-23(27)22-15-19-10-6-7-11-21(19)26(22)24(28)18-8-4-3-5-9-18/h3-5,8-9,12-14,19,21-22H,6-7,10-11,15H2,1-2H3,(H,25,27). The van der Waals surface area contributed by atoms with Crippen molar-refractivity contribution in [2.75, 3.05) is 5.32 Å². The van der Waals surface area contributed by atoms with Gasteiger partial charge in [0.2, 0.25) is 5.91 Å². The Labute approximate surface area is 166 Å². The summed E-state index contributed by atoms with van der Waals surface area (Å²) in [5.74, 6) is 0.343. The number of rotatable bonds is 3. The van der Waals surface area contributed by atoms with E-state index in [0.29, 0.717) is 11.5 Å². The summed E-state index contributed by atoms with van der Waals surface area (Å²) in [5, 5.41) is 3.08. The molecule has 3 atom stereocenters. The third-order valence-electron chi connectivity index (χ3n) is 6.14. The molecule has 2 aliphatic rings. The Balaban J connectivity index is 1.61. The maximum Gasteiger partial charge on any atom is 0.254 e. The molecule has 1 heterocycles. The molecule has 2 amide bonds. The van der Waals surface area contributed by atoms with Crippen LogP contribution in [-0.4, -0.2) is 28.8 Å². The van der Waals surface area contributed by atoms with Crippen molar-refractivity contribution >= 4 is 17.5 Å². The van der Waals surface area contributed by atoms with E-state index in [9.17, 15) is 9.59 Å². The second-order valence-corrected chi connectivity index (χ2v) is 8.31. The zero-order valence-corrected chi connectivity index (χ0v) is 16.7. The first-order valence-corrected chi connectivity index (χ1v) is 10.3. The first-order chi connectivity index (χ1) is 13.5. The molecule has 2 aromatic rings. The fraction of sp³-hybridized carbons (Fsp3) is 0.417. The predicted molar refractivity (Wildman–Crippen MR) is 111 cm³/mol.